The second-order valence-electron chi connectivity index (χ2n) is 6.61. The summed E-state index contributed by atoms with van der Waals surface area (Å²) in [5.41, 5.74) is -0.212. The van der Waals surface area contributed by atoms with E-state index in [1.54, 1.807) is 0 Å². The lowest BCUT2D eigenvalue weighted by atomic mass is 10.2. The van der Waals surface area contributed by atoms with Gasteiger partial charge in [-0.15, -0.1) is 0 Å². The highest BCUT2D eigenvalue weighted by Crippen LogP contribution is 2.32. The predicted molar refractivity (Wildman–Crippen MR) is 103 cm³/mol. The summed E-state index contributed by atoms with van der Waals surface area (Å²) in [5.74, 6) is -5.34. The van der Waals surface area contributed by atoms with Crippen molar-refractivity contribution in [1.82, 2.24) is 4.31 Å². The summed E-state index contributed by atoms with van der Waals surface area (Å²) in [6, 6.07) is 4.55. The highest BCUT2D eigenvalue weighted by molar-refractivity contribution is 7.92. The Balaban J connectivity index is 2.00. The molecule has 164 valence electrons. The lowest BCUT2D eigenvalue weighted by Gasteiger charge is -2.26. The summed E-state index contributed by atoms with van der Waals surface area (Å²) in [5, 5.41) is 0. The van der Waals surface area contributed by atoms with Crippen LogP contribution in [-0.2, 0) is 20.0 Å². The summed E-state index contributed by atoms with van der Waals surface area (Å²) in [6.45, 7) is 0.642. The van der Waals surface area contributed by atoms with Crippen molar-refractivity contribution < 1.29 is 34.7 Å². The molecule has 0 spiro atoms. The van der Waals surface area contributed by atoms with Crippen molar-refractivity contribution in [3.8, 4) is 5.75 Å². The van der Waals surface area contributed by atoms with Gasteiger partial charge in [0.1, 0.15) is 15.5 Å². The van der Waals surface area contributed by atoms with Crippen LogP contribution in [0.3, 0.4) is 0 Å². The zero-order valence-electron chi connectivity index (χ0n) is 15.9. The Bertz CT molecular complexity index is 1160. The second kappa shape index (κ2) is 8.44. The highest BCUT2D eigenvalue weighted by Gasteiger charge is 2.30. The molecule has 3 rings (SSSR count). The lowest BCUT2D eigenvalue weighted by Crippen LogP contribution is -2.35. The van der Waals surface area contributed by atoms with Crippen molar-refractivity contribution in [3.63, 3.8) is 0 Å². The first-order valence-corrected chi connectivity index (χ1v) is 11.8. The molecule has 7 nitrogen and oxygen atoms in total. The fraction of sp³-hybridized carbons (Fsp3) is 0.333. The Labute approximate surface area is 172 Å². The molecule has 1 aliphatic rings. The molecule has 30 heavy (non-hydrogen) atoms. The quantitative estimate of drug-likeness (QED) is 0.664. The number of halogens is 3. The number of piperidine rings is 1. The maximum atomic E-state index is 13.9. The van der Waals surface area contributed by atoms with Gasteiger partial charge in [0.25, 0.3) is 10.0 Å². The number of nitrogens with zero attached hydrogens (tertiary/aromatic N) is 1. The number of benzene rings is 2. The fourth-order valence-electron chi connectivity index (χ4n) is 3.11. The molecular weight excluding hydrogens is 445 g/mol. The first kappa shape index (κ1) is 22.4. The molecule has 0 aromatic heterocycles. The topological polar surface area (TPSA) is 92.8 Å². The van der Waals surface area contributed by atoms with Gasteiger partial charge in [0, 0.05) is 13.1 Å². The van der Waals surface area contributed by atoms with Gasteiger partial charge in [-0.05, 0) is 43.2 Å². The number of ether oxygens (including phenoxy) is 1. The number of anilines is 1. The van der Waals surface area contributed by atoms with Gasteiger partial charge in [0.05, 0.1) is 12.8 Å². The van der Waals surface area contributed by atoms with E-state index in [9.17, 15) is 30.0 Å². The van der Waals surface area contributed by atoms with E-state index in [4.69, 9.17) is 4.74 Å². The van der Waals surface area contributed by atoms with Crippen LogP contribution < -0.4 is 9.46 Å². The van der Waals surface area contributed by atoms with Gasteiger partial charge in [0.2, 0.25) is 10.0 Å². The molecule has 0 aliphatic carbocycles. The van der Waals surface area contributed by atoms with Crippen molar-refractivity contribution in [2.24, 2.45) is 0 Å². The monoisotopic (exact) mass is 464 g/mol. The minimum atomic E-state index is -4.67. The van der Waals surface area contributed by atoms with E-state index in [0.717, 1.165) is 12.5 Å². The van der Waals surface area contributed by atoms with Crippen LogP contribution in [0.1, 0.15) is 19.3 Å². The predicted octanol–water partition coefficient (Wildman–Crippen LogP) is 3.09. The van der Waals surface area contributed by atoms with Gasteiger partial charge >= 0.3 is 0 Å². The molecule has 1 saturated heterocycles. The average Bonchev–Trinajstić information content (AvgIpc) is 2.72. The molecule has 0 atom stereocenters. The standard InChI is InChI=1S/C18H19F3N2O5S2/c1-28-14-7-5-12(11-16(14)30(26,27)23-9-3-2-4-10-23)22-29(24,25)15-8-6-13(19)17(20)18(15)21/h5-8,11,22H,2-4,9-10H2,1H3. The Hall–Kier alpha value is -2.31. The maximum absolute atomic E-state index is 13.9. The van der Waals surface area contributed by atoms with Crippen LogP contribution in [0.25, 0.3) is 0 Å². The van der Waals surface area contributed by atoms with Crippen molar-refractivity contribution >= 4 is 25.7 Å². The third-order valence-corrected chi connectivity index (χ3v) is 7.96. The van der Waals surface area contributed by atoms with E-state index in [1.165, 1.54) is 23.5 Å². The molecule has 0 radical (unpaired) electrons. The van der Waals surface area contributed by atoms with E-state index in [-0.39, 0.29) is 16.3 Å². The average molecular weight is 464 g/mol. The van der Waals surface area contributed by atoms with E-state index >= 15 is 0 Å². The van der Waals surface area contributed by atoms with Gasteiger partial charge in [0.15, 0.2) is 17.5 Å². The molecule has 0 unspecified atom stereocenters. The smallest absolute Gasteiger partial charge is 0.264 e. The number of hydrogen-bond acceptors (Lipinski definition) is 5. The Kier molecular flexibility index (Phi) is 6.29. The second-order valence-corrected chi connectivity index (χ2v) is 10.2. The molecule has 0 bridgehead atoms. The largest absolute Gasteiger partial charge is 0.495 e. The van der Waals surface area contributed by atoms with Crippen molar-refractivity contribution in [2.75, 3.05) is 24.9 Å². The molecule has 0 saturated carbocycles. The minimum Gasteiger partial charge on any atom is -0.495 e. The number of methoxy groups -OCH3 is 1. The molecular formula is C18H19F3N2O5S2. The number of sulfonamides is 2. The lowest BCUT2D eigenvalue weighted by molar-refractivity contribution is 0.343. The molecule has 0 amide bonds. The van der Waals surface area contributed by atoms with Gasteiger partial charge in [-0.1, -0.05) is 6.42 Å². The van der Waals surface area contributed by atoms with Gasteiger partial charge in [-0.2, -0.15) is 4.31 Å². The maximum Gasteiger partial charge on any atom is 0.264 e. The van der Waals surface area contributed by atoms with Gasteiger partial charge in [-0.25, -0.2) is 30.0 Å². The van der Waals surface area contributed by atoms with E-state index in [1.807, 2.05) is 4.72 Å². The van der Waals surface area contributed by atoms with Crippen LogP contribution >= 0.6 is 0 Å². The van der Waals surface area contributed by atoms with E-state index in [2.05, 4.69) is 0 Å². The Morgan fingerprint density at radius 3 is 2.20 bits per heavy atom. The summed E-state index contributed by atoms with van der Waals surface area (Å²) in [7, 11) is -7.38. The fourth-order valence-corrected chi connectivity index (χ4v) is 5.93. The zero-order valence-corrected chi connectivity index (χ0v) is 17.5. The number of rotatable bonds is 6. The summed E-state index contributed by atoms with van der Waals surface area (Å²) >= 11 is 0. The third-order valence-electron chi connectivity index (χ3n) is 4.64. The third kappa shape index (κ3) is 4.25. The molecule has 2 aromatic rings. The number of nitrogens with one attached hydrogen (secondary N) is 1. The summed E-state index contributed by atoms with van der Waals surface area (Å²) < 4.78 is 99.8. The molecule has 1 aliphatic heterocycles. The highest BCUT2D eigenvalue weighted by atomic mass is 32.2. The van der Waals surface area contributed by atoms with Crippen molar-refractivity contribution in [1.29, 1.82) is 0 Å². The van der Waals surface area contributed by atoms with Gasteiger partial charge in [-0.3, -0.25) is 4.72 Å². The van der Waals surface area contributed by atoms with Gasteiger partial charge < -0.3 is 4.74 Å². The van der Waals surface area contributed by atoms with E-state index < -0.39 is 42.4 Å². The zero-order chi connectivity index (χ0) is 22.1. The normalized spacial score (nSPS) is 15.7. The SMILES string of the molecule is COc1ccc(NS(=O)(=O)c2ccc(F)c(F)c2F)cc1S(=O)(=O)N1CCCCC1. The van der Waals surface area contributed by atoms with Crippen LogP contribution in [0, 0.1) is 17.5 Å². The van der Waals surface area contributed by atoms with Crippen molar-refractivity contribution in [2.45, 2.75) is 29.1 Å². The summed E-state index contributed by atoms with van der Waals surface area (Å²) in [6.07, 6.45) is 2.30. The Morgan fingerprint density at radius 1 is 0.900 bits per heavy atom. The van der Waals surface area contributed by atoms with Crippen LogP contribution in [0.4, 0.5) is 18.9 Å². The van der Waals surface area contributed by atoms with Crippen LogP contribution in [0.2, 0.25) is 0 Å². The number of hydrogen-bond donors (Lipinski definition) is 1. The molecule has 1 N–H and O–H groups in total. The first-order valence-electron chi connectivity index (χ1n) is 8.92. The Morgan fingerprint density at radius 2 is 1.57 bits per heavy atom. The molecule has 1 heterocycles. The molecule has 12 heteroatoms. The molecule has 1 fully saturated rings. The van der Waals surface area contributed by atoms with Crippen LogP contribution in [-0.4, -0.2) is 41.3 Å². The summed E-state index contributed by atoms with van der Waals surface area (Å²) in [4.78, 5) is -1.38. The van der Waals surface area contributed by atoms with Crippen LogP contribution in [0.5, 0.6) is 5.75 Å². The van der Waals surface area contributed by atoms with Crippen LogP contribution in [0.15, 0.2) is 40.1 Å². The molecule has 2 aromatic carbocycles. The van der Waals surface area contributed by atoms with Crippen molar-refractivity contribution in [3.05, 3.63) is 47.8 Å². The minimum absolute atomic E-state index is 0.00234. The first-order chi connectivity index (χ1) is 14.1. The van der Waals surface area contributed by atoms with E-state index in [0.29, 0.717) is 38.1 Å².